The first-order valence-corrected chi connectivity index (χ1v) is 11.9. The molecule has 8 nitrogen and oxygen atoms in total. The van der Waals surface area contributed by atoms with Crippen LogP contribution in [0.25, 0.3) is 0 Å². The van der Waals surface area contributed by atoms with Gasteiger partial charge in [0.15, 0.2) is 15.0 Å². The van der Waals surface area contributed by atoms with Gasteiger partial charge in [0.25, 0.3) is 11.6 Å². The van der Waals surface area contributed by atoms with E-state index in [1.807, 2.05) is 0 Å². The lowest BCUT2D eigenvalue weighted by molar-refractivity contribution is -0.384. The lowest BCUT2D eigenvalue weighted by Crippen LogP contribution is -2.37. The third kappa shape index (κ3) is 4.35. The maximum absolute atomic E-state index is 13.2. The summed E-state index contributed by atoms with van der Waals surface area (Å²) in [5.74, 6) is -1.30. The molecule has 1 amide bonds. The van der Waals surface area contributed by atoms with Crippen molar-refractivity contribution in [3.63, 3.8) is 0 Å². The highest BCUT2D eigenvalue weighted by Gasteiger charge is 2.49. The SMILES string of the molecule is O=C(N=C1S[C@@H]2CS(=O)(=O)C[C@H]2N1c1cccc(C(F)(F)F)c1)c1cccc([N+](=O)[O-])c1. The Hall–Kier alpha value is -2.93. The highest BCUT2D eigenvalue weighted by atomic mass is 32.2. The summed E-state index contributed by atoms with van der Waals surface area (Å²) in [5, 5.41) is 10.5. The minimum absolute atomic E-state index is 0.0470. The molecule has 2 saturated heterocycles. The minimum atomic E-state index is -4.61. The largest absolute Gasteiger partial charge is 0.416 e. The number of alkyl halides is 3. The van der Waals surface area contributed by atoms with Crippen molar-refractivity contribution in [2.24, 2.45) is 4.99 Å². The third-order valence-electron chi connectivity index (χ3n) is 5.02. The first-order valence-electron chi connectivity index (χ1n) is 9.16. The van der Waals surface area contributed by atoms with Crippen molar-refractivity contribution >= 4 is 44.0 Å². The van der Waals surface area contributed by atoms with E-state index in [2.05, 4.69) is 4.99 Å². The first-order chi connectivity index (χ1) is 14.9. The fourth-order valence-electron chi connectivity index (χ4n) is 3.60. The monoisotopic (exact) mass is 485 g/mol. The van der Waals surface area contributed by atoms with Gasteiger partial charge < -0.3 is 4.90 Å². The predicted octanol–water partition coefficient (Wildman–Crippen LogP) is 3.53. The summed E-state index contributed by atoms with van der Waals surface area (Å²) in [6.07, 6.45) is -4.61. The highest BCUT2D eigenvalue weighted by Crippen LogP contribution is 2.42. The van der Waals surface area contributed by atoms with Crippen molar-refractivity contribution in [3.8, 4) is 0 Å². The molecule has 0 aliphatic carbocycles. The molecule has 4 rings (SSSR count). The maximum atomic E-state index is 13.2. The average Bonchev–Trinajstić information content (AvgIpc) is 3.18. The van der Waals surface area contributed by atoms with Crippen molar-refractivity contribution in [1.29, 1.82) is 0 Å². The summed E-state index contributed by atoms with van der Waals surface area (Å²) in [4.78, 5) is 28.3. The fraction of sp³-hybridized carbons (Fsp3) is 0.263. The number of aliphatic imine (C=N–C) groups is 1. The second-order valence-corrected chi connectivity index (χ2v) is 10.6. The second-order valence-electron chi connectivity index (χ2n) is 7.23. The van der Waals surface area contributed by atoms with Crippen molar-refractivity contribution in [2.75, 3.05) is 16.4 Å². The second kappa shape index (κ2) is 7.89. The zero-order valence-corrected chi connectivity index (χ0v) is 17.7. The normalized spacial score (nSPS) is 23.3. The molecule has 0 bridgehead atoms. The van der Waals surface area contributed by atoms with E-state index >= 15 is 0 Å². The van der Waals surface area contributed by atoms with Gasteiger partial charge in [-0.1, -0.05) is 23.9 Å². The number of carbonyl (C=O) groups is 1. The van der Waals surface area contributed by atoms with Crippen LogP contribution in [0.5, 0.6) is 0 Å². The van der Waals surface area contributed by atoms with Gasteiger partial charge >= 0.3 is 6.18 Å². The van der Waals surface area contributed by atoms with Crippen LogP contribution >= 0.6 is 11.8 Å². The van der Waals surface area contributed by atoms with Crippen LogP contribution in [0.15, 0.2) is 53.5 Å². The van der Waals surface area contributed by atoms with E-state index in [0.717, 1.165) is 30.0 Å². The number of hydrogen-bond acceptors (Lipinski definition) is 6. The molecule has 2 aromatic carbocycles. The molecule has 32 heavy (non-hydrogen) atoms. The van der Waals surface area contributed by atoms with Crippen LogP contribution in [0.1, 0.15) is 15.9 Å². The molecule has 2 aromatic rings. The highest BCUT2D eigenvalue weighted by molar-refractivity contribution is 8.16. The number of nitrogens with zero attached hydrogens (tertiary/aromatic N) is 3. The van der Waals surface area contributed by atoms with Crippen LogP contribution in [0.3, 0.4) is 0 Å². The standard InChI is InChI=1S/C19H14F3N3O5S2/c20-19(21,22)12-4-2-5-13(8-12)24-15-9-32(29,30)10-16(15)31-18(24)23-17(26)11-3-1-6-14(7-11)25(27)28/h1-8,15-16H,9-10H2/t15-,16-/m1/s1. The molecule has 0 unspecified atom stereocenters. The lowest BCUT2D eigenvalue weighted by Gasteiger charge is -2.25. The number of carbonyl (C=O) groups excluding carboxylic acids is 1. The van der Waals surface area contributed by atoms with Gasteiger partial charge in [-0.2, -0.15) is 18.2 Å². The van der Waals surface area contributed by atoms with Gasteiger partial charge in [-0.05, 0) is 24.3 Å². The Morgan fingerprint density at radius 1 is 1.16 bits per heavy atom. The Morgan fingerprint density at radius 3 is 2.56 bits per heavy atom. The number of anilines is 1. The first kappa shape index (κ1) is 22.3. The van der Waals surface area contributed by atoms with E-state index in [0.29, 0.717) is 0 Å². The molecule has 13 heteroatoms. The van der Waals surface area contributed by atoms with Gasteiger partial charge in [0.1, 0.15) is 0 Å². The number of amides is 1. The molecule has 0 aromatic heterocycles. The number of nitro benzene ring substituents is 1. The van der Waals surface area contributed by atoms with E-state index in [4.69, 9.17) is 0 Å². The molecule has 0 spiro atoms. The zero-order chi connectivity index (χ0) is 23.3. The van der Waals surface area contributed by atoms with Crippen molar-refractivity contribution < 1.29 is 31.3 Å². The number of halogens is 3. The predicted molar refractivity (Wildman–Crippen MR) is 113 cm³/mol. The summed E-state index contributed by atoms with van der Waals surface area (Å²) >= 11 is 0.994. The molecule has 0 N–H and O–H groups in total. The van der Waals surface area contributed by atoms with E-state index in [1.54, 1.807) is 0 Å². The summed E-state index contributed by atoms with van der Waals surface area (Å²) in [7, 11) is -3.40. The number of non-ortho nitro benzene ring substituents is 1. The topological polar surface area (TPSA) is 110 Å². The summed E-state index contributed by atoms with van der Waals surface area (Å²) in [6.45, 7) is 0. The van der Waals surface area contributed by atoms with Crippen molar-refractivity contribution in [3.05, 3.63) is 69.8 Å². The quantitative estimate of drug-likeness (QED) is 0.483. The van der Waals surface area contributed by atoms with E-state index in [-0.39, 0.29) is 33.6 Å². The van der Waals surface area contributed by atoms with Crippen molar-refractivity contribution in [2.45, 2.75) is 17.5 Å². The maximum Gasteiger partial charge on any atom is 0.416 e. The zero-order valence-electron chi connectivity index (χ0n) is 16.0. The van der Waals surface area contributed by atoms with Gasteiger partial charge in [0, 0.05) is 28.6 Å². The van der Waals surface area contributed by atoms with Gasteiger partial charge in [0.2, 0.25) is 0 Å². The fourth-order valence-corrected chi connectivity index (χ4v) is 7.51. The minimum Gasteiger partial charge on any atom is -0.316 e. The molecule has 2 fully saturated rings. The molecule has 2 heterocycles. The number of hydrogen-bond donors (Lipinski definition) is 0. The Bertz CT molecular complexity index is 1250. The molecule has 2 aliphatic rings. The Morgan fingerprint density at radius 2 is 1.88 bits per heavy atom. The van der Waals surface area contributed by atoms with Gasteiger partial charge in [-0.25, -0.2) is 8.42 Å². The smallest absolute Gasteiger partial charge is 0.316 e. The molecule has 0 radical (unpaired) electrons. The van der Waals surface area contributed by atoms with Crippen LogP contribution in [0.2, 0.25) is 0 Å². The number of rotatable bonds is 3. The van der Waals surface area contributed by atoms with Crippen LogP contribution in [0.4, 0.5) is 24.5 Å². The average molecular weight is 485 g/mol. The Labute approximate surface area is 184 Å². The van der Waals surface area contributed by atoms with E-state index in [9.17, 15) is 36.5 Å². The van der Waals surface area contributed by atoms with Gasteiger partial charge in [0.05, 0.1) is 28.0 Å². The van der Waals surface area contributed by atoms with Gasteiger partial charge in [-0.15, -0.1) is 0 Å². The third-order valence-corrected chi connectivity index (χ3v) is 8.23. The molecule has 0 saturated carbocycles. The molecular formula is C19H14F3N3O5S2. The van der Waals surface area contributed by atoms with Crippen molar-refractivity contribution in [1.82, 2.24) is 0 Å². The van der Waals surface area contributed by atoms with E-state index < -0.39 is 43.7 Å². The van der Waals surface area contributed by atoms with Crippen LogP contribution in [-0.2, 0) is 16.0 Å². The Balaban J connectivity index is 1.75. The van der Waals surface area contributed by atoms with E-state index in [1.165, 1.54) is 35.2 Å². The van der Waals surface area contributed by atoms with Crippen LogP contribution in [-0.4, -0.2) is 47.2 Å². The number of amidine groups is 1. The number of benzene rings is 2. The number of nitro groups is 1. The summed E-state index contributed by atoms with van der Waals surface area (Å²) < 4.78 is 63.9. The molecule has 168 valence electrons. The number of fused-ring (bicyclic) bond motifs is 1. The summed E-state index contributed by atoms with van der Waals surface area (Å²) in [5.41, 5.74) is -1.25. The molecule has 2 aliphatic heterocycles. The van der Waals surface area contributed by atoms with Crippen LogP contribution in [0, 0.1) is 10.1 Å². The molecular weight excluding hydrogens is 471 g/mol. The van der Waals surface area contributed by atoms with Gasteiger partial charge in [-0.3, -0.25) is 14.9 Å². The Kier molecular flexibility index (Phi) is 5.49. The number of thioether (sulfide) groups is 1. The van der Waals surface area contributed by atoms with Crippen LogP contribution < -0.4 is 4.90 Å². The molecule has 2 atom stereocenters. The lowest BCUT2D eigenvalue weighted by atomic mass is 10.1. The summed E-state index contributed by atoms with van der Waals surface area (Å²) in [6, 6.07) is 8.56. The number of sulfone groups is 1.